The van der Waals surface area contributed by atoms with Crippen LogP contribution in [0.25, 0.3) is 0 Å². The molecule has 1 aromatic heterocycles. The highest BCUT2D eigenvalue weighted by Gasteiger charge is 2.16. The van der Waals surface area contributed by atoms with Crippen LogP contribution in [0.2, 0.25) is 0 Å². The molecule has 0 fully saturated rings. The summed E-state index contributed by atoms with van der Waals surface area (Å²) in [5.41, 5.74) is 5.92. The summed E-state index contributed by atoms with van der Waals surface area (Å²) in [4.78, 5) is 13.9. The largest absolute Gasteiger partial charge is 0.379 e. The van der Waals surface area contributed by atoms with Crippen molar-refractivity contribution >= 4 is 5.69 Å². The molecule has 108 valence electrons. The molecule has 0 bridgehead atoms. The average molecular weight is 268 g/mol. The number of methoxy groups -OCH3 is 1. The molecule has 0 spiro atoms. The first-order valence-electron chi connectivity index (χ1n) is 6.43. The third kappa shape index (κ3) is 4.65. The summed E-state index contributed by atoms with van der Waals surface area (Å²) in [7, 11) is 3.56. The Kier molecular flexibility index (Phi) is 5.50. The van der Waals surface area contributed by atoms with Crippen LogP contribution in [0.15, 0.2) is 17.1 Å². The molecule has 0 saturated heterocycles. The molecule has 0 aliphatic rings. The summed E-state index contributed by atoms with van der Waals surface area (Å²) in [6.07, 6.45) is 2.42. The maximum absolute atomic E-state index is 12.0. The summed E-state index contributed by atoms with van der Waals surface area (Å²) in [5.74, 6) is 0. The molecule has 0 saturated carbocycles. The third-order valence-corrected chi connectivity index (χ3v) is 3.24. The van der Waals surface area contributed by atoms with Crippen LogP contribution in [0, 0.1) is 0 Å². The van der Waals surface area contributed by atoms with E-state index in [1.165, 1.54) is 4.68 Å². The molecular formula is C13H24N4O2. The van der Waals surface area contributed by atoms with Gasteiger partial charge < -0.3 is 15.4 Å². The lowest BCUT2D eigenvalue weighted by molar-refractivity contribution is 0.0110. The maximum Gasteiger partial charge on any atom is 0.268 e. The van der Waals surface area contributed by atoms with E-state index in [1.807, 2.05) is 25.8 Å². The number of ether oxygens (including phenoxy) is 1. The van der Waals surface area contributed by atoms with Gasteiger partial charge >= 0.3 is 0 Å². The van der Waals surface area contributed by atoms with Gasteiger partial charge in [0, 0.05) is 39.9 Å². The van der Waals surface area contributed by atoms with Gasteiger partial charge in [-0.2, -0.15) is 5.10 Å². The number of nitrogens with two attached hydrogens (primary N) is 1. The number of hydrogen-bond acceptors (Lipinski definition) is 5. The summed E-state index contributed by atoms with van der Waals surface area (Å²) in [6.45, 7) is 5.76. The highest BCUT2D eigenvalue weighted by Crippen LogP contribution is 2.13. The van der Waals surface area contributed by atoms with Gasteiger partial charge in [-0.15, -0.1) is 0 Å². The molecule has 6 heteroatoms. The van der Waals surface area contributed by atoms with Crippen LogP contribution in [0.5, 0.6) is 0 Å². The number of aryl methyl sites for hydroxylation is 1. The van der Waals surface area contributed by atoms with Crippen molar-refractivity contribution in [2.75, 3.05) is 32.1 Å². The van der Waals surface area contributed by atoms with Gasteiger partial charge in [0.15, 0.2) is 0 Å². The average Bonchev–Trinajstić information content (AvgIpc) is 2.37. The molecule has 0 radical (unpaired) electrons. The Morgan fingerprint density at radius 1 is 1.53 bits per heavy atom. The third-order valence-electron chi connectivity index (χ3n) is 3.24. The van der Waals surface area contributed by atoms with E-state index in [9.17, 15) is 4.79 Å². The molecule has 2 N–H and O–H groups in total. The topological polar surface area (TPSA) is 73.4 Å². The Balaban J connectivity index is 2.75. The highest BCUT2D eigenvalue weighted by molar-refractivity contribution is 5.41. The second kappa shape index (κ2) is 6.68. The van der Waals surface area contributed by atoms with Gasteiger partial charge in [0.1, 0.15) is 0 Å². The molecule has 0 aliphatic carbocycles. The van der Waals surface area contributed by atoms with Crippen LogP contribution in [-0.2, 0) is 11.3 Å². The predicted molar refractivity (Wildman–Crippen MR) is 76.5 cm³/mol. The molecule has 0 amide bonds. The first kappa shape index (κ1) is 15.7. The lowest BCUT2D eigenvalue weighted by Gasteiger charge is -2.23. The standard InChI is InChI=1S/C13H24N4O2/c1-13(2,19-4)5-7-17-12(18)9-11(10-15-17)16(3)8-6-14/h9-10H,5-8,14H2,1-4H3. The summed E-state index contributed by atoms with van der Waals surface area (Å²) < 4.78 is 6.79. The van der Waals surface area contributed by atoms with E-state index in [4.69, 9.17) is 10.5 Å². The number of aromatic nitrogens is 2. The highest BCUT2D eigenvalue weighted by atomic mass is 16.5. The summed E-state index contributed by atoms with van der Waals surface area (Å²) in [5, 5.41) is 4.19. The van der Waals surface area contributed by atoms with E-state index in [1.54, 1.807) is 19.4 Å². The van der Waals surface area contributed by atoms with E-state index < -0.39 is 0 Å². The van der Waals surface area contributed by atoms with Gasteiger partial charge in [-0.3, -0.25) is 4.79 Å². The number of likely N-dealkylation sites (N-methyl/N-ethyl adjacent to an activating group) is 1. The Hall–Kier alpha value is -1.40. The van der Waals surface area contributed by atoms with Crippen LogP contribution >= 0.6 is 0 Å². The van der Waals surface area contributed by atoms with Crippen LogP contribution in [0.3, 0.4) is 0 Å². The van der Waals surface area contributed by atoms with Gasteiger partial charge in [0.2, 0.25) is 0 Å². The monoisotopic (exact) mass is 268 g/mol. The molecule has 1 rings (SSSR count). The number of anilines is 1. The minimum Gasteiger partial charge on any atom is -0.379 e. The van der Waals surface area contributed by atoms with E-state index in [0.29, 0.717) is 19.6 Å². The van der Waals surface area contributed by atoms with Gasteiger partial charge in [0.05, 0.1) is 17.5 Å². The van der Waals surface area contributed by atoms with Crippen molar-refractivity contribution in [1.29, 1.82) is 0 Å². The molecular weight excluding hydrogens is 244 g/mol. The number of nitrogens with zero attached hydrogens (tertiary/aromatic N) is 3. The fraction of sp³-hybridized carbons (Fsp3) is 0.692. The zero-order chi connectivity index (χ0) is 14.5. The first-order valence-corrected chi connectivity index (χ1v) is 6.43. The minimum absolute atomic E-state index is 0.103. The molecule has 1 aromatic rings. The van der Waals surface area contributed by atoms with Crippen LogP contribution in [0.1, 0.15) is 20.3 Å². The SMILES string of the molecule is COC(C)(C)CCn1ncc(N(C)CCN)cc1=O. The summed E-state index contributed by atoms with van der Waals surface area (Å²) >= 11 is 0. The normalized spacial score (nSPS) is 11.6. The fourth-order valence-corrected chi connectivity index (χ4v) is 1.60. The molecule has 6 nitrogen and oxygen atoms in total. The zero-order valence-electron chi connectivity index (χ0n) is 12.2. The van der Waals surface area contributed by atoms with Crippen molar-refractivity contribution in [3.8, 4) is 0 Å². The molecule has 0 aliphatic heterocycles. The lowest BCUT2D eigenvalue weighted by Crippen LogP contribution is -2.31. The van der Waals surface area contributed by atoms with Crippen molar-refractivity contribution in [3.63, 3.8) is 0 Å². The van der Waals surface area contributed by atoms with Crippen molar-refractivity contribution in [2.45, 2.75) is 32.4 Å². The van der Waals surface area contributed by atoms with Crippen LogP contribution in [0.4, 0.5) is 5.69 Å². The van der Waals surface area contributed by atoms with Gasteiger partial charge in [-0.25, -0.2) is 4.68 Å². The zero-order valence-corrected chi connectivity index (χ0v) is 12.2. The second-order valence-corrected chi connectivity index (χ2v) is 5.20. The predicted octanol–water partition coefficient (Wildman–Crippen LogP) is 0.453. The van der Waals surface area contributed by atoms with Crippen molar-refractivity contribution < 1.29 is 4.74 Å². The van der Waals surface area contributed by atoms with Crippen LogP contribution in [-0.4, -0.2) is 42.6 Å². The van der Waals surface area contributed by atoms with Gasteiger partial charge in [-0.1, -0.05) is 0 Å². The molecule has 19 heavy (non-hydrogen) atoms. The number of hydrogen-bond donors (Lipinski definition) is 1. The summed E-state index contributed by atoms with van der Waals surface area (Å²) in [6, 6.07) is 1.59. The lowest BCUT2D eigenvalue weighted by atomic mass is 10.1. The quantitative estimate of drug-likeness (QED) is 0.777. The molecule has 1 heterocycles. The van der Waals surface area contributed by atoms with Crippen molar-refractivity contribution in [2.24, 2.45) is 5.73 Å². The molecule has 0 aromatic carbocycles. The Labute approximate surface area is 114 Å². The first-order chi connectivity index (χ1) is 8.89. The van der Waals surface area contributed by atoms with Crippen LogP contribution < -0.4 is 16.2 Å². The molecule has 0 unspecified atom stereocenters. The number of rotatable bonds is 7. The van der Waals surface area contributed by atoms with E-state index in [-0.39, 0.29) is 11.2 Å². The Morgan fingerprint density at radius 3 is 2.74 bits per heavy atom. The maximum atomic E-state index is 12.0. The van der Waals surface area contributed by atoms with E-state index in [0.717, 1.165) is 12.1 Å². The Bertz CT molecular complexity index is 456. The second-order valence-electron chi connectivity index (χ2n) is 5.20. The van der Waals surface area contributed by atoms with E-state index in [2.05, 4.69) is 5.10 Å². The smallest absolute Gasteiger partial charge is 0.268 e. The van der Waals surface area contributed by atoms with E-state index >= 15 is 0 Å². The van der Waals surface area contributed by atoms with Gasteiger partial charge in [-0.05, 0) is 20.3 Å². The fourth-order valence-electron chi connectivity index (χ4n) is 1.60. The Morgan fingerprint density at radius 2 is 2.21 bits per heavy atom. The van der Waals surface area contributed by atoms with Gasteiger partial charge in [0.25, 0.3) is 5.56 Å². The van der Waals surface area contributed by atoms with Crippen molar-refractivity contribution in [1.82, 2.24) is 9.78 Å². The molecule has 0 atom stereocenters. The minimum atomic E-state index is -0.254. The van der Waals surface area contributed by atoms with Crippen molar-refractivity contribution in [3.05, 3.63) is 22.6 Å².